The minimum atomic E-state index is -0.154. The van der Waals surface area contributed by atoms with Crippen LogP contribution in [0, 0.1) is 0 Å². The molecule has 1 rings (SSSR count). The lowest BCUT2D eigenvalue weighted by Gasteiger charge is -2.22. The third-order valence-corrected chi connectivity index (χ3v) is 3.27. The third kappa shape index (κ3) is 4.56. The van der Waals surface area contributed by atoms with Crippen LogP contribution in [-0.4, -0.2) is 26.4 Å². The summed E-state index contributed by atoms with van der Waals surface area (Å²) in [5, 5.41) is 0. The number of ether oxygens (including phenoxy) is 3. The van der Waals surface area contributed by atoms with Crippen LogP contribution in [0.5, 0.6) is 11.5 Å². The number of rotatable bonds is 6. The minimum absolute atomic E-state index is 0.154. The SMILES string of the molecule is COc1ccc(OCCC(C)(C)OC)c(Br)c1. The van der Waals surface area contributed by atoms with Crippen molar-refractivity contribution in [1.82, 2.24) is 0 Å². The number of methoxy groups -OCH3 is 2. The lowest BCUT2D eigenvalue weighted by atomic mass is 10.1. The van der Waals surface area contributed by atoms with Gasteiger partial charge in [-0.15, -0.1) is 0 Å². The highest BCUT2D eigenvalue weighted by atomic mass is 79.9. The van der Waals surface area contributed by atoms with Crippen molar-refractivity contribution in [1.29, 1.82) is 0 Å². The Morgan fingerprint density at radius 2 is 1.94 bits per heavy atom. The van der Waals surface area contributed by atoms with Gasteiger partial charge in [0.05, 0.1) is 23.8 Å². The maximum absolute atomic E-state index is 5.69. The van der Waals surface area contributed by atoms with Crippen molar-refractivity contribution in [3.63, 3.8) is 0 Å². The van der Waals surface area contributed by atoms with E-state index in [-0.39, 0.29) is 5.60 Å². The first kappa shape index (κ1) is 14.3. The molecular formula is C13H19BrO3. The molecule has 0 aliphatic heterocycles. The van der Waals surface area contributed by atoms with Gasteiger partial charge in [-0.1, -0.05) is 0 Å². The van der Waals surface area contributed by atoms with Crippen LogP contribution in [0.3, 0.4) is 0 Å². The molecule has 0 atom stereocenters. The van der Waals surface area contributed by atoms with Crippen molar-refractivity contribution in [2.75, 3.05) is 20.8 Å². The zero-order chi connectivity index (χ0) is 12.9. The average molecular weight is 303 g/mol. The molecule has 96 valence electrons. The molecule has 3 nitrogen and oxygen atoms in total. The molecule has 0 aliphatic rings. The highest BCUT2D eigenvalue weighted by Crippen LogP contribution is 2.29. The van der Waals surface area contributed by atoms with Gasteiger partial charge in [0.25, 0.3) is 0 Å². The number of halogens is 1. The molecule has 0 spiro atoms. The van der Waals surface area contributed by atoms with E-state index in [0.29, 0.717) is 6.61 Å². The second-order valence-electron chi connectivity index (χ2n) is 4.36. The van der Waals surface area contributed by atoms with E-state index >= 15 is 0 Å². The summed E-state index contributed by atoms with van der Waals surface area (Å²) in [5.41, 5.74) is -0.154. The Morgan fingerprint density at radius 1 is 1.24 bits per heavy atom. The molecule has 0 fully saturated rings. The van der Waals surface area contributed by atoms with Gasteiger partial charge in [0.2, 0.25) is 0 Å². The predicted octanol–water partition coefficient (Wildman–Crippen LogP) is 3.65. The van der Waals surface area contributed by atoms with Crippen molar-refractivity contribution < 1.29 is 14.2 Å². The van der Waals surface area contributed by atoms with E-state index in [2.05, 4.69) is 15.9 Å². The molecule has 1 aromatic rings. The van der Waals surface area contributed by atoms with E-state index in [0.717, 1.165) is 22.4 Å². The molecule has 4 heteroatoms. The maximum atomic E-state index is 5.69. The molecule has 0 aliphatic carbocycles. The van der Waals surface area contributed by atoms with Crippen LogP contribution in [0.15, 0.2) is 22.7 Å². The van der Waals surface area contributed by atoms with Gasteiger partial charge in [0.15, 0.2) is 0 Å². The van der Waals surface area contributed by atoms with Crippen molar-refractivity contribution in [2.24, 2.45) is 0 Å². The first-order chi connectivity index (χ1) is 7.98. The van der Waals surface area contributed by atoms with Gasteiger partial charge < -0.3 is 14.2 Å². The second kappa shape index (κ2) is 6.26. The first-order valence-electron chi connectivity index (χ1n) is 5.50. The van der Waals surface area contributed by atoms with Crippen LogP contribution in [0.25, 0.3) is 0 Å². The van der Waals surface area contributed by atoms with Gasteiger partial charge in [-0.05, 0) is 48.0 Å². The van der Waals surface area contributed by atoms with Crippen LogP contribution >= 0.6 is 15.9 Å². The van der Waals surface area contributed by atoms with Gasteiger partial charge in [-0.2, -0.15) is 0 Å². The van der Waals surface area contributed by atoms with Crippen LogP contribution in [0.2, 0.25) is 0 Å². The van der Waals surface area contributed by atoms with Crippen molar-refractivity contribution >= 4 is 15.9 Å². The van der Waals surface area contributed by atoms with E-state index in [1.807, 2.05) is 32.0 Å². The molecular weight excluding hydrogens is 284 g/mol. The molecule has 0 amide bonds. The summed E-state index contributed by atoms with van der Waals surface area (Å²) in [6.07, 6.45) is 0.835. The Kier molecular flexibility index (Phi) is 5.28. The highest BCUT2D eigenvalue weighted by molar-refractivity contribution is 9.10. The van der Waals surface area contributed by atoms with Crippen LogP contribution < -0.4 is 9.47 Å². The van der Waals surface area contributed by atoms with Crippen molar-refractivity contribution in [2.45, 2.75) is 25.9 Å². The fraction of sp³-hybridized carbons (Fsp3) is 0.538. The summed E-state index contributed by atoms with van der Waals surface area (Å²) in [5.74, 6) is 1.62. The van der Waals surface area contributed by atoms with Crippen LogP contribution in [0.4, 0.5) is 0 Å². The first-order valence-corrected chi connectivity index (χ1v) is 6.29. The molecule has 0 unspecified atom stereocenters. The highest BCUT2D eigenvalue weighted by Gasteiger charge is 2.16. The minimum Gasteiger partial charge on any atom is -0.497 e. The van der Waals surface area contributed by atoms with E-state index < -0.39 is 0 Å². The fourth-order valence-electron chi connectivity index (χ4n) is 1.23. The quantitative estimate of drug-likeness (QED) is 0.803. The van der Waals surface area contributed by atoms with E-state index in [1.165, 1.54) is 0 Å². The van der Waals surface area contributed by atoms with Gasteiger partial charge in [0, 0.05) is 13.5 Å². The predicted molar refractivity (Wildman–Crippen MR) is 71.9 cm³/mol. The van der Waals surface area contributed by atoms with Crippen molar-refractivity contribution in [3.05, 3.63) is 22.7 Å². The third-order valence-electron chi connectivity index (χ3n) is 2.65. The number of hydrogen-bond donors (Lipinski definition) is 0. The molecule has 0 saturated heterocycles. The van der Waals surface area contributed by atoms with E-state index in [4.69, 9.17) is 14.2 Å². The Morgan fingerprint density at radius 3 is 2.47 bits per heavy atom. The van der Waals surface area contributed by atoms with Gasteiger partial charge >= 0.3 is 0 Å². The van der Waals surface area contributed by atoms with Gasteiger partial charge in [-0.25, -0.2) is 0 Å². The normalized spacial score (nSPS) is 11.4. The smallest absolute Gasteiger partial charge is 0.133 e. The Balaban J connectivity index is 2.52. The molecule has 0 aromatic heterocycles. The Labute approximate surface area is 111 Å². The van der Waals surface area contributed by atoms with Gasteiger partial charge in [0.1, 0.15) is 11.5 Å². The number of hydrogen-bond acceptors (Lipinski definition) is 3. The number of benzene rings is 1. The summed E-state index contributed by atoms with van der Waals surface area (Å²) in [4.78, 5) is 0. The largest absolute Gasteiger partial charge is 0.497 e. The molecule has 0 N–H and O–H groups in total. The van der Waals surface area contributed by atoms with Crippen LogP contribution in [0.1, 0.15) is 20.3 Å². The topological polar surface area (TPSA) is 27.7 Å². The standard InChI is InChI=1S/C13H19BrO3/c1-13(2,16-4)7-8-17-12-6-5-10(15-3)9-11(12)14/h5-6,9H,7-8H2,1-4H3. The molecule has 0 heterocycles. The molecule has 17 heavy (non-hydrogen) atoms. The summed E-state index contributed by atoms with van der Waals surface area (Å²) >= 11 is 3.45. The summed E-state index contributed by atoms with van der Waals surface area (Å²) in [7, 11) is 3.35. The second-order valence-corrected chi connectivity index (χ2v) is 5.21. The molecule has 0 bridgehead atoms. The van der Waals surface area contributed by atoms with Crippen LogP contribution in [-0.2, 0) is 4.74 Å². The molecule has 0 radical (unpaired) electrons. The van der Waals surface area contributed by atoms with E-state index in [9.17, 15) is 0 Å². The zero-order valence-electron chi connectivity index (χ0n) is 10.7. The Hall–Kier alpha value is -0.740. The summed E-state index contributed by atoms with van der Waals surface area (Å²) < 4.78 is 17.0. The summed E-state index contributed by atoms with van der Waals surface area (Å²) in [6.45, 7) is 4.70. The zero-order valence-corrected chi connectivity index (χ0v) is 12.3. The molecule has 0 saturated carbocycles. The average Bonchev–Trinajstić information content (AvgIpc) is 2.31. The molecule has 1 aromatic carbocycles. The fourth-order valence-corrected chi connectivity index (χ4v) is 1.71. The monoisotopic (exact) mass is 302 g/mol. The Bertz CT molecular complexity index is 364. The summed E-state index contributed by atoms with van der Waals surface area (Å²) in [6, 6.07) is 5.65. The lowest BCUT2D eigenvalue weighted by Crippen LogP contribution is -2.25. The van der Waals surface area contributed by atoms with Crippen molar-refractivity contribution in [3.8, 4) is 11.5 Å². The van der Waals surface area contributed by atoms with E-state index in [1.54, 1.807) is 14.2 Å². The maximum Gasteiger partial charge on any atom is 0.133 e. The van der Waals surface area contributed by atoms with Gasteiger partial charge in [-0.3, -0.25) is 0 Å². The lowest BCUT2D eigenvalue weighted by molar-refractivity contribution is 0.00539.